The van der Waals surface area contributed by atoms with Gasteiger partial charge in [-0.05, 0) is 30.7 Å². The lowest BCUT2D eigenvalue weighted by molar-refractivity contribution is 0.112. The van der Waals surface area contributed by atoms with E-state index in [0.29, 0.717) is 11.3 Å². The summed E-state index contributed by atoms with van der Waals surface area (Å²) in [5.74, 6) is 0.101. The van der Waals surface area contributed by atoms with Gasteiger partial charge in [0.15, 0.2) is 0 Å². The number of hydrogen-bond acceptors (Lipinski definition) is 3. The normalized spacial score (nSPS) is 10.2. The molecule has 76 valence electrons. The molecule has 1 N–H and O–H groups in total. The van der Waals surface area contributed by atoms with Gasteiger partial charge in [0.05, 0.1) is 6.20 Å². The molecular formula is C11H10N2O2. The highest BCUT2D eigenvalue weighted by molar-refractivity contribution is 5.76. The molecule has 0 aliphatic heterocycles. The number of aromatic hydroxyl groups is 1. The van der Waals surface area contributed by atoms with Crippen LogP contribution in [0.3, 0.4) is 0 Å². The van der Waals surface area contributed by atoms with Crippen LogP contribution in [0.2, 0.25) is 0 Å². The Morgan fingerprint density at radius 3 is 2.87 bits per heavy atom. The molecule has 1 heterocycles. The van der Waals surface area contributed by atoms with E-state index in [1.807, 2.05) is 6.92 Å². The Morgan fingerprint density at radius 2 is 2.27 bits per heavy atom. The number of carbonyl (C=O) groups is 1. The maximum atomic E-state index is 10.6. The predicted octanol–water partition coefficient (Wildman–Crippen LogP) is 1.70. The van der Waals surface area contributed by atoms with Crippen molar-refractivity contribution in [3.05, 3.63) is 41.7 Å². The lowest BCUT2D eigenvalue weighted by atomic mass is 10.2. The standard InChI is InChI=1S/C11H10N2O2/c1-8-5-12-13(6-8)10-4-9(7-14)2-3-11(10)15/h2-7,15H,1H3. The fourth-order valence-corrected chi connectivity index (χ4v) is 1.34. The second kappa shape index (κ2) is 3.57. The van der Waals surface area contributed by atoms with Crippen LogP contribution in [0.1, 0.15) is 15.9 Å². The number of nitrogens with zero attached hydrogens (tertiary/aromatic N) is 2. The highest BCUT2D eigenvalue weighted by atomic mass is 16.3. The highest BCUT2D eigenvalue weighted by Gasteiger charge is 2.05. The topological polar surface area (TPSA) is 55.1 Å². The molecule has 0 fully saturated rings. The molecule has 0 aliphatic carbocycles. The summed E-state index contributed by atoms with van der Waals surface area (Å²) >= 11 is 0. The molecule has 0 aliphatic rings. The largest absolute Gasteiger partial charge is 0.506 e. The van der Waals surface area contributed by atoms with E-state index in [1.54, 1.807) is 24.5 Å². The summed E-state index contributed by atoms with van der Waals surface area (Å²) in [5.41, 5.74) is 2.01. The highest BCUT2D eigenvalue weighted by Crippen LogP contribution is 2.21. The summed E-state index contributed by atoms with van der Waals surface area (Å²) in [7, 11) is 0. The number of carbonyl (C=O) groups excluding carboxylic acids is 1. The number of aldehydes is 1. The Bertz CT molecular complexity index is 503. The van der Waals surface area contributed by atoms with Crippen LogP contribution in [0.15, 0.2) is 30.6 Å². The number of phenols is 1. The van der Waals surface area contributed by atoms with Crippen LogP contribution < -0.4 is 0 Å². The molecule has 4 nitrogen and oxygen atoms in total. The van der Waals surface area contributed by atoms with E-state index in [4.69, 9.17) is 0 Å². The van der Waals surface area contributed by atoms with Gasteiger partial charge in [0.1, 0.15) is 17.7 Å². The molecule has 0 spiro atoms. The van der Waals surface area contributed by atoms with Crippen molar-refractivity contribution in [3.8, 4) is 11.4 Å². The van der Waals surface area contributed by atoms with E-state index in [1.165, 1.54) is 10.7 Å². The molecule has 15 heavy (non-hydrogen) atoms. The average molecular weight is 202 g/mol. The minimum absolute atomic E-state index is 0.101. The predicted molar refractivity (Wildman–Crippen MR) is 55.4 cm³/mol. The van der Waals surface area contributed by atoms with Crippen LogP contribution in [-0.2, 0) is 0 Å². The smallest absolute Gasteiger partial charge is 0.150 e. The van der Waals surface area contributed by atoms with E-state index < -0.39 is 0 Å². The Balaban J connectivity index is 2.55. The number of rotatable bonds is 2. The van der Waals surface area contributed by atoms with Gasteiger partial charge in [-0.1, -0.05) is 0 Å². The van der Waals surface area contributed by atoms with Gasteiger partial charge in [0.25, 0.3) is 0 Å². The lowest BCUT2D eigenvalue weighted by Crippen LogP contribution is -1.96. The SMILES string of the molecule is Cc1cnn(-c2cc(C=O)ccc2O)c1. The maximum absolute atomic E-state index is 10.6. The number of benzene rings is 1. The van der Waals surface area contributed by atoms with Gasteiger partial charge in [-0.3, -0.25) is 4.79 Å². The first-order chi connectivity index (χ1) is 7.20. The van der Waals surface area contributed by atoms with Gasteiger partial charge in [-0.15, -0.1) is 0 Å². The third-order valence-electron chi connectivity index (χ3n) is 2.09. The number of phenolic OH excluding ortho intramolecular Hbond substituents is 1. The summed E-state index contributed by atoms with van der Waals surface area (Å²) in [6, 6.07) is 4.63. The first-order valence-electron chi connectivity index (χ1n) is 4.50. The average Bonchev–Trinajstić information content (AvgIpc) is 2.65. The second-order valence-electron chi connectivity index (χ2n) is 3.33. The zero-order valence-corrected chi connectivity index (χ0v) is 8.21. The molecule has 1 aromatic carbocycles. The van der Waals surface area contributed by atoms with Crippen molar-refractivity contribution in [3.63, 3.8) is 0 Å². The number of hydrogen-bond donors (Lipinski definition) is 1. The molecule has 0 saturated carbocycles. The minimum Gasteiger partial charge on any atom is -0.506 e. The van der Waals surface area contributed by atoms with Crippen molar-refractivity contribution in [2.75, 3.05) is 0 Å². The molecule has 0 atom stereocenters. The summed E-state index contributed by atoms with van der Waals surface area (Å²) in [4.78, 5) is 10.6. The summed E-state index contributed by atoms with van der Waals surface area (Å²) < 4.78 is 1.54. The summed E-state index contributed by atoms with van der Waals surface area (Å²) in [5, 5.41) is 13.7. The van der Waals surface area contributed by atoms with Gasteiger partial charge in [-0.2, -0.15) is 5.10 Å². The first kappa shape index (κ1) is 9.45. The van der Waals surface area contributed by atoms with Crippen LogP contribution in [-0.4, -0.2) is 21.2 Å². The van der Waals surface area contributed by atoms with Crippen molar-refractivity contribution in [2.24, 2.45) is 0 Å². The molecule has 1 aromatic heterocycles. The van der Waals surface area contributed by atoms with Crippen molar-refractivity contribution < 1.29 is 9.90 Å². The molecule has 2 rings (SSSR count). The van der Waals surface area contributed by atoms with Gasteiger partial charge in [0, 0.05) is 11.8 Å². The van der Waals surface area contributed by atoms with E-state index >= 15 is 0 Å². The molecule has 4 heteroatoms. The minimum atomic E-state index is 0.101. The fraction of sp³-hybridized carbons (Fsp3) is 0.0909. The second-order valence-corrected chi connectivity index (χ2v) is 3.33. The zero-order valence-electron chi connectivity index (χ0n) is 8.21. The van der Waals surface area contributed by atoms with Crippen molar-refractivity contribution >= 4 is 6.29 Å². The Labute approximate surface area is 86.8 Å². The molecule has 0 unspecified atom stereocenters. The zero-order chi connectivity index (χ0) is 10.8. The number of aromatic nitrogens is 2. The van der Waals surface area contributed by atoms with Crippen LogP contribution in [0.5, 0.6) is 5.75 Å². The van der Waals surface area contributed by atoms with E-state index in [9.17, 15) is 9.90 Å². The van der Waals surface area contributed by atoms with Crippen LogP contribution in [0.4, 0.5) is 0 Å². The van der Waals surface area contributed by atoms with Gasteiger partial charge in [-0.25, -0.2) is 4.68 Å². The number of aryl methyl sites for hydroxylation is 1. The molecule has 2 aromatic rings. The quantitative estimate of drug-likeness (QED) is 0.754. The van der Waals surface area contributed by atoms with Gasteiger partial charge in [0.2, 0.25) is 0 Å². The fourth-order valence-electron chi connectivity index (χ4n) is 1.34. The van der Waals surface area contributed by atoms with Crippen LogP contribution in [0, 0.1) is 6.92 Å². The van der Waals surface area contributed by atoms with Crippen molar-refractivity contribution in [2.45, 2.75) is 6.92 Å². The Morgan fingerprint density at radius 1 is 1.47 bits per heavy atom. The summed E-state index contributed by atoms with van der Waals surface area (Å²) in [6.07, 6.45) is 4.20. The lowest BCUT2D eigenvalue weighted by Gasteiger charge is -2.04. The molecular weight excluding hydrogens is 192 g/mol. The first-order valence-corrected chi connectivity index (χ1v) is 4.50. The third kappa shape index (κ3) is 1.74. The Kier molecular flexibility index (Phi) is 2.25. The van der Waals surface area contributed by atoms with Gasteiger partial charge < -0.3 is 5.11 Å². The van der Waals surface area contributed by atoms with E-state index in [-0.39, 0.29) is 5.75 Å². The van der Waals surface area contributed by atoms with Crippen molar-refractivity contribution in [1.82, 2.24) is 9.78 Å². The summed E-state index contributed by atoms with van der Waals surface area (Å²) in [6.45, 7) is 1.91. The van der Waals surface area contributed by atoms with Gasteiger partial charge >= 0.3 is 0 Å². The van der Waals surface area contributed by atoms with Crippen LogP contribution >= 0.6 is 0 Å². The molecule has 0 radical (unpaired) electrons. The van der Waals surface area contributed by atoms with E-state index in [0.717, 1.165) is 11.8 Å². The molecule has 0 amide bonds. The van der Waals surface area contributed by atoms with Crippen LogP contribution in [0.25, 0.3) is 5.69 Å². The molecule has 0 saturated heterocycles. The monoisotopic (exact) mass is 202 g/mol. The van der Waals surface area contributed by atoms with Crippen molar-refractivity contribution in [1.29, 1.82) is 0 Å². The molecule has 0 bridgehead atoms. The maximum Gasteiger partial charge on any atom is 0.150 e. The van der Waals surface area contributed by atoms with E-state index in [2.05, 4.69) is 5.10 Å². The third-order valence-corrected chi connectivity index (χ3v) is 2.09. The Hall–Kier alpha value is -2.10.